The van der Waals surface area contributed by atoms with Crippen molar-refractivity contribution in [1.82, 2.24) is 10.3 Å². The molecule has 0 bridgehead atoms. The molecule has 2 atom stereocenters. The Labute approximate surface area is 126 Å². The number of nitrogens with zero attached hydrogens (tertiary/aromatic N) is 1. The van der Waals surface area contributed by atoms with Gasteiger partial charge in [-0.25, -0.2) is 4.98 Å². The van der Waals surface area contributed by atoms with Gasteiger partial charge in [-0.3, -0.25) is 0 Å². The van der Waals surface area contributed by atoms with Crippen molar-refractivity contribution in [2.24, 2.45) is 5.92 Å². The maximum atomic E-state index is 10.2. The van der Waals surface area contributed by atoms with E-state index in [1.165, 1.54) is 35.6 Å². The first-order valence-electron chi connectivity index (χ1n) is 7.87. The summed E-state index contributed by atoms with van der Waals surface area (Å²) in [5, 5.41) is 14.9. The number of thiazole rings is 1. The fourth-order valence-electron chi connectivity index (χ4n) is 2.98. The molecule has 2 N–H and O–H groups in total. The summed E-state index contributed by atoms with van der Waals surface area (Å²) in [7, 11) is 0. The Bertz CT molecular complexity index is 424. The van der Waals surface area contributed by atoms with Crippen LogP contribution in [0.2, 0.25) is 0 Å². The van der Waals surface area contributed by atoms with Gasteiger partial charge in [0.15, 0.2) is 0 Å². The molecule has 2 unspecified atom stereocenters. The maximum Gasteiger partial charge on any atom is 0.0956 e. The Morgan fingerprint density at radius 3 is 2.50 bits per heavy atom. The molecule has 114 valence electrons. The predicted octanol–water partition coefficient (Wildman–Crippen LogP) is 3.78. The second-order valence-electron chi connectivity index (χ2n) is 6.40. The van der Waals surface area contributed by atoms with Gasteiger partial charge in [-0.15, -0.1) is 11.3 Å². The van der Waals surface area contributed by atoms with Crippen LogP contribution in [0.25, 0.3) is 0 Å². The minimum absolute atomic E-state index is 0.197. The van der Waals surface area contributed by atoms with Crippen molar-refractivity contribution >= 4 is 11.3 Å². The topological polar surface area (TPSA) is 45.2 Å². The fourth-order valence-corrected chi connectivity index (χ4v) is 4.07. The molecule has 0 spiro atoms. The average molecular weight is 296 g/mol. The Balaban J connectivity index is 1.89. The van der Waals surface area contributed by atoms with Crippen molar-refractivity contribution in [2.45, 2.75) is 71.4 Å². The molecule has 1 heterocycles. The van der Waals surface area contributed by atoms with Gasteiger partial charge in [-0.2, -0.15) is 0 Å². The lowest BCUT2D eigenvalue weighted by Crippen LogP contribution is -2.33. The molecule has 4 heteroatoms. The third-order valence-electron chi connectivity index (χ3n) is 4.31. The number of hydrogen-bond donors (Lipinski definition) is 2. The van der Waals surface area contributed by atoms with Gasteiger partial charge < -0.3 is 10.4 Å². The molecule has 0 amide bonds. The lowest BCUT2D eigenvalue weighted by Gasteiger charge is -2.21. The first-order valence-corrected chi connectivity index (χ1v) is 8.69. The van der Waals surface area contributed by atoms with Crippen LogP contribution in [0.5, 0.6) is 0 Å². The van der Waals surface area contributed by atoms with E-state index < -0.39 is 0 Å². The molecule has 1 saturated carbocycles. The van der Waals surface area contributed by atoms with Gasteiger partial charge >= 0.3 is 0 Å². The summed E-state index contributed by atoms with van der Waals surface area (Å²) in [5.41, 5.74) is 1.13. The fraction of sp³-hybridized carbons (Fsp3) is 0.812. The summed E-state index contributed by atoms with van der Waals surface area (Å²) in [4.78, 5) is 5.96. The predicted molar refractivity (Wildman–Crippen MR) is 85.3 cm³/mol. The lowest BCUT2D eigenvalue weighted by molar-refractivity contribution is 0.107. The van der Waals surface area contributed by atoms with E-state index in [1.807, 2.05) is 0 Å². The van der Waals surface area contributed by atoms with Crippen LogP contribution in [0.3, 0.4) is 0 Å². The maximum absolute atomic E-state index is 10.2. The van der Waals surface area contributed by atoms with Crippen molar-refractivity contribution < 1.29 is 5.11 Å². The SMILES string of the molecule is Cc1nc(C(C)C)sc1C(C)NCC(O)C1CCCC1. The zero-order valence-electron chi connectivity index (χ0n) is 13.1. The highest BCUT2D eigenvalue weighted by atomic mass is 32.1. The first-order chi connectivity index (χ1) is 9.49. The molecule has 1 aromatic rings. The molecule has 1 aliphatic carbocycles. The summed E-state index contributed by atoms with van der Waals surface area (Å²) < 4.78 is 0. The highest BCUT2D eigenvalue weighted by Gasteiger charge is 2.24. The van der Waals surface area contributed by atoms with E-state index in [0.717, 1.165) is 5.69 Å². The van der Waals surface area contributed by atoms with Gasteiger partial charge in [0.25, 0.3) is 0 Å². The lowest BCUT2D eigenvalue weighted by atomic mass is 10.0. The number of aromatic nitrogens is 1. The van der Waals surface area contributed by atoms with Crippen LogP contribution >= 0.6 is 11.3 Å². The highest BCUT2D eigenvalue weighted by Crippen LogP contribution is 2.30. The van der Waals surface area contributed by atoms with Gasteiger partial charge in [0, 0.05) is 23.4 Å². The summed E-state index contributed by atoms with van der Waals surface area (Å²) in [6, 6.07) is 0.274. The van der Waals surface area contributed by atoms with E-state index >= 15 is 0 Å². The van der Waals surface area contributed by atoms with Crippen LogP contribution in [0.1, 0.15) is 74.0 Å². The number of hydrogen-bond acceptors (Lipinski definition) is 4. The van der Waals surface area contributed by atoms with Gasteiger partial charge in [0.2, 0.25) is 0 Å². The minimum Gasteiger partial charge on any atom is -0.392 e. The largest absolute Gasteiger partial charge is 0.392 e. The molecule has 0 aromatic carbocycles. The summed E-state index contributed by atoms with van der Waals surface area (Å²) in [6.45, 7) is 9.32. The molecule has 0 saturated heterocycles. The monoisotopic (exact) mass is 296 g/mol. The number of aliphatic hydroxyl groups excluding tert-OH is 1. The molecule has 1 aromatic heterocycles. The minimum atomic E-state index is -0.197. The summed E-state index contributed by atoms with van der Waals surface area (Å²) in [6.07, 6.45) is 4.74. The number of aliphatic hydroxyl groups is 1. The van der Waals surface area contributed by atoms with Gasteiger partial charge in [-0.05, 0) is 32.6 Å². The van der Waals surface area contributed by atoms with Crippen molar-refractivity contribution in [1.29, 1.82) is 0 Å². The van der Waals surface area contributed by atoms with Crippen molar-refractivity contribution in [2.75, 3.05) is 6.54 Å². The Morgan fingerprint density at radius 2 is 1.95 bits per heavy atom. The second-order valence-corrected chi connectivity index (χ2v) is 7.46. The summed E-state index contributed by atoms with van der Waals surface area (Å²) >= 11 is 1.80. The van der Waals surface area contributed by atoms with Crippen LogP contribution in [0.15, 0.2) is 0 Å². The zero-order chi connectivity index (χ0) is 14.7. The Kier molecular flexibility index (Phi) is 5.58. The standard InChI is InChI=1S/C16H28N2OS/c1-10(2)16-18-12(4)15(20-16)11(3)17-9-14(19)13-7-5-6-8-13/h10-11,13-14,17,19H,5-9H2,1-4H3. The number of aryl methyl sites for hydroxylation is 1. The van der Waals surface area contributed by atoms with Crippen LogP contribution in [-0.2, 0) is 0 Å². The quantitative estimate of drug-likeness (QED) is 0.840. The normalized spacial score (nSPS) is 19.7. The molecule has 0 aliphatic heterocycles. The van der Waals surface area contributed by atoms with Crippen molar-refractivity contribution in [3.63, 3.8) is 0 Å². The second kappa shape index (κ2) is 7.01. The molecule has 3 nitrogen and oxygen atoms in total. The van der Waals surface area contributed by atoms with Gasteiger partial charge in [-0.1, -0.05) is 26.7 Å². The van der Waals surface area contributed by atoms with E-state index in [-0.39, 0.29) is 12.1 Å². The van der Waals surface area contributed by atoms with E-state index in [2.05, 4.69) is 38.0 Å². The van der Waals surface area contributed by atoms with E-state index in [0.29, 0.717) is 18.4 Å². The van der Waals surface area contributed by atoms with Crippen LogP contribution < -0.4 is 5.32 Å². The Morgan fingerprint density at radius 1 is 1.30 bits per heavy atom. The third-order valence-corrected chi connectivity index (χ3v) is 5.95. The molecule has 1 aliphatic rings. The van der Waals surface area contributed by atoms with Gasteiger partial charge in [0.05, 0.1) is 16.8 Å². The van der Waals surface area contributed by atoms with E-state index in [4.69, 9.17) is 0 Å². The molecule has 20 heavy (non-hydrogen) atoms. The molecular formula is C16H28N2OS. The smallest absolute Gasteiger partial charge is 0.0956 e. The molecule has 1 fully saturated rings. The van der Waals surface area contributed by atoms with Gasteiger partial charge in [0.1, 0.15) is 0 Å². The molecule has 2 rings (SSSR count). The van der Waals surface area contributed by atoms with Crippen molar-refractivity contribution in [3.8, 4) is 0 Å². The first kappa shape index (κ1) is 15.9. The molecule has 0 radical (unpaired) electrons. The van der Waals surface area contributed by atoms with E-state index in [1.54, 1.807) is 11.3 Å². The Hall–Kier alpha value is -0.450. The number of nitrogens with one attached hydrogen (secondary N) is 1. The molecular weight excluding hydrogens is 268 g/mol. The summed E-state index contributed by atoms with van der Waals surface area (Å²) in [5.74, 6) is 0.993. The van der Waals surface area contributed by atoms with Crippen molar-refractivity contribution in [3.05, 3.63) is 15.6 Å². The highest BCUT2D eigenvalue weighted by molar-refractivity contribution is 7.11. The number of rotatable bonds is 6. The van der Waals surface area contributed by atoms with E-state index in [9.17, 15) is 5.11 Å². The van der Waals surface area contributed by atoms with Crippen LogP contribution in [0.4, 0.5) is 0 Å². The average Bonchev–Trinajstić information content (AvgIpc) is 3.04. The van der Waals surface area contributed by atoms with Crippen LogP contribution in [-0.4, -0.2) is 22.7 Å². The third kappa shape index (κ3) is 3.80. The zero-order valence-corrected chi connectivity index (χ0v) is 14.0. The van der Waals surface area contributed by atoms with Crippen LogP contribution in [0, 0.1) is 12.8 Å².